The molecule has 1 fully saturated rings. The molecule has 0 radical (unpaired) electrons. The first-order valence-corrected chi connectivity index (χ1v) is 11.8. The maximum Gasteiger partial charge on any atom is 0.303 e. The minimum absolute atomic E-state index is 0.357. The number of ether oxygens (including phenoxy) is 1. The van der Waals surface area contributed by atoms with Crippen molar-refractivity contribution < 1.29 is 17.9 Å². The van der Waals surface area contributed by atoms with Crippen LogP contribution >= 0.6 is 0 Å². The summed E-state index contributed by atoms with van der Waals surface area (Å²) in [6, 6.07) is 6.39. The van der Waals surface area contributed by atoms with Crippen LogP contribution in [0.2, 0.25) is 0 Å². The number of benzene rings is 1. The molecule has 1 aromatic rings. The second kappa shape index (κ2) is 10.3. The molecule has 1 N–H and O–H groups in total. The Morgan fingerprint density at radius 1 is 1.21 bits per heavy atom. The molecule has 29 heavy (non-hydrogen) atoms. The predicted molar refractivity (Wildman–Crippen MR) is 116 cm³/mol. The molecule has 0 aromatic heterocycles. The smallest absolute Gasteiger partial charge is 0.303 e. The molecule has 0 spiro atoms. The van der Waals surface area contributed by atoms with E-state index in [1.807, 2.05) is 16.9 Å². The van der Waals surface area contributed by atoms with Gasteiger partial charge in [-0.25, -0.2) is 4.72 Å². The average molecular weight is 426 g/mol. The fourth-order valence-electron chi connectivity index (χ4n) is 3.68. The third kappa shape index (κ3) is 6.89. The van der Waals surface area contributed by atoms with Crippen molar-refractivity contribution in [2.45, 2.75) is 58.9 Å². The Morgan fingerprint density at radius 2 is 1.86 bits per heavy atom. The molecule has 0 unspecified atom stereocenters. The van der Waals surface area contributed by atoms with Crippen molar-refractivity contribution in [2.75, 3.05) is 32.1 Å². The zero-order valence-electron chi connectivity index (χ0n) is 18.3. The van der Waals surface area contributed by atoms with E-state index in [1.54, 1.807) is 0 Å². The van der Waals surface area contributed by atoms with Crippen LogP contribution in [0.1, 0.15) is 51.5 Å². The van der Waals surface area contributed by atoms with Crippen molar-refractivity contribution in [1.82, 2.24) is 9.03 Å². The average Bonchev–Trinajstić information content (AvgIpc) is 2.65. The van der Waals surface area contributed by atoms with E-state index in [0.29, 0.717) is 17.7 Å². The lowest BCUT2D eigenvalue weighted by molar-refractivity contribution is -0.121. The van der Waals surface area contributed by atoms with E-state index in [9.17, 15) is 13.2 Å². The van der Waals surface area contributed by atoms with Gasteiger partial charge < -0.3 is 9.64 Å². The third-order valence-electron chi connectivity index (χ3n) is 5.15. The highest BCUT2D eigenvalue weighted by atomic mass is 32.2. The van der Waals surface area contributed by atoms with E-state index in [1.165, 1.54) is 51.9 Å². The molecule has 7 nitrogen and oxygen atoms in total. The van der Waals surface area contributed by atoms with E-state index >= 15 is 0 Å². The Labute approximate surface area is 175 Å². The van der Waals surface area contributed by atoms with Crippen LogP contribution in [0, 0.1) is 12.8 Å². The van der Waals surface area contributed by atoms with E-state index < -0.39 is 16.1 Å². The number of nitrogens with zero attached hydrogens (tertiary/aromatic N) is 2. The van der Waals surface area contributed by atoms with Crippen LogP contribution in [0.4, 0.5) is 5.69 Å². The Kier molecular flexibility index (Phi) is 8.34. The first-order valence-electron chi connectivity index (χ1n) is 10.3. The van der Waals surface area contributed by atoms with Gasteiger partial charge in [0, 0.05) is 32.4 Å². The summed E-state index contributed by atoms with van der Waals surface area (Å²) in [6.07, 6.45) is 6.34. The SMILES string of the molecule is Cc1cc(OCC(=O)NS(=O)(=O)N(C)C)ccc1N(CC(C)C)C1CCCCC1. The second-order valence-corrected chi connectivity index (χ2v) is 10.3. The van der Waals surface area contributed by atoms with Gasteiger partial charge in [-0.15, -0.1) is 0 Å². The molecule has 0 atom stereocenters. The number of carbonyl (C=O) groups excluding carboxylic acids is 1. The molecule has 0 saturated heterocycles. The minimum Gasteiger partial charge on any atom is -0.484 e. The van der Waals surface area contributed by atoms with Crippen molar-refractivity contribution in [3.63, 3.8) is 0 Å². The highest BCUT2D eigenvalue weighted by Gasteiger charge is 2.23. The van der Waals surface area contributed by atoms with E-state index in [4.69, 9.17) is 4.74 Å². The molecule has 164 valence electrons. The zero-order valence-corrected chi connectivity index (χ0v) is 19.1. The van der Waals surface area contributed by atoms with E-state index in [2.05, 4.69) is 31.7 Å². The third-order valence-corrected chi connectivity index (χ3v) is 6.60. The lowest BCUT2D eigenvalue weighted by Crippen LogP contribution is -2.41. The molecule has 0 bridgehead atoms. The highest BCUT2D eigenvalue weighted by molar-refractivity contribution is 7.87. The fraction of sp³-hybridized carbons (Fsp3) is 0.667. The van der Waals surface area contributed by atoms with Gasteiger partial charge in [0.25, 0.3) is 5.91 Å². The van der Waals surface area contributed by atoms with Gasteiger partial charge in [0.1, 0.15) is 5.75 Å². The number of amides is 1. The van der Waals surface area contributed by atoms with Crippen LogP contribution < -0.4 is 14.4 Å². The molecule has 8 heteroatoms. The largest absolute Gasteiger partial charge is 0.484 e. The summed E-state index contributed by atoms with van der Waals surface area (Å²) in [7, 11) is -1.09. The summed E-state index contributed by atoms with van der Waals surface area (Å²) in [5, 5.41) is 0. The molecule has 1 aliphatic rings. The summed E-state index contributed by atoms with van der Waals surface area (Å²) in [5.41, 5.74) is 2.30. The quantitative estimate of drug-likeness (QED) is 0.658. The standard InChI is InChI=1S/C21H35N3O4S/c1-16(2)14-24(18-9-7-6-8-10-18)20-12-11-19(13-17(20)3)28-15-21(25)22-29(26,27)23(4)5/h11-13,16,18H,6-10,14-15H2,1-5H3,(H,22,25). The number of carbonyl (C=O) groups is 1. The van der Waals surface area contributed by atoms with Gasteiger partial charge in [-0.05, 0) is 49.4 Å². The van der Waals surface area contributed by atoms with E-state index in [0.717, 1.165) is 16.4 Å². The molecule has 1 saturated carbocycles. The second-order valence-electron chi connectivity index (χ2n) is 8.39. The maximum atomic E-state index is 11.9. The Bertz CT molecular complexity index is 787. The molecule has 0 heterocycles. The van der Waals surface area contributed by atoms with Crippen molar-refractivity contribution >= 4 is 21.8 Å². The van der Waals surface area contributed by atoms with Gasteiger partial charge in [0.2, 0.25) is 0 Å². The predicted octanol–water partition coefficient (Wildman–Crippen LogP) is 3.09. The van der Waals surface area contributed by atoms with E-state index in [-0.39, 0.29) is 6.61 Å². The van der Waals surface area contributed by atoms with Gasteiger partial charge >= 0.3 is 10.2 Å². The summed E-state index contributed by atoms with van der Waals surface area (Å²) in [4.78, 5) is 14.4. The first kappa shape index (κ1) is 23.5. The lowest BCUT2D eigenvalue weighted by Gasteiger charge is -2.38. The van der Waals surface area contributed by atoms with Crippen molar-refractivity contribution in [3.05, 3.63) is 23.8 Å². The number of nitrogens with one attached hydrogen (secondary N) is 1. The fourth-order valence-corrected chi connectivity index (χ4v) is 4.21. The van der Waals surface area contributed by atoms with Crippen LogP contribution in [-0.2, 0) is 15.0 Å². The van der Waals surface area contributed by atoms with Crippen molar-refractivity contribution in [3.8, 4) is 5.75 Å². The van der Waals surface area contributed by atoms with Crippen molar-refractivity contribution in [1.29, 1.82) is 0 Å². The van der Waals surface area contributed by atoms with Crippen LogP contribution in [0.3, 0.4) is 0 Å². The number of hydrogen-bond acceptors (Lipinski definition) is 5. The van der Waals surface area contributed by atoms with Crippen molar-refractivity contribution in [2.24, 2.45) is 5.92 Å². The number of hydrogen-bond donors (Lipinski definition) is 1. The molecular weight excluding hydrogens is 390 g/mol. The van der Waals surface area contributed by atoms with Crippen LogP contribution in [0.15, 0.2) is 18.2 Å². The summed E-state index contributed by atoms with van der Waals surface area (Å²) < 4.78 is 31.8. The van der Waals surface area contributed by atoms with Crippen LogP contribution in [-0.4, -0.2) is 51.9 Å². The Hall–Kier alpha value is -1.80. The number of anilines is 1. The topological polar surface area (TPSA) is 78.9 Å². The first-order chi connectivity index (χ1) is 13.6. The minimum atomic E-state index is -3.80. The summed E-state index contributed by atoms with van der Waals surface area (Å²) in [6.45, 7) is 7.18. The Balaban J connectivity index is 2.06. The molecule has 2 rings (SSSR count). The normalized spacial score (nSPS) is 15.6. The summed E-state index contributed by atoms with van der Waals surface area (Å²) >= 11 is 0. The van der Waals surface area contributed by atoms with Crippen LogP contribution in [0.25, 0.3) is 0 Å². The Morgan fingerprint density at radius 3 is 2.41 bits per heavy atom. The van der Waals surface area contributed by atoms with Gasteiger partial charge in [0.15, 0.2) is 6.61 Å². The monoisotopic (exact) mass is 425 g/mol. The van der Waals surface area contributed by atoms with Gasteiger partial charge in [-0.1, -0.05) is 33.1 Å². The number of rotatable bonds is 9. The molecule has 1 amide bonds. The zero-order chi connectivity index (χ0) is 21.6. The van der Waals surface area contributed by atoms with Gasteiger partial charge in [0.05, 0.1) is 0 Å². The number of aryl methyl sites for hydroxylation is 1. The van der Waals surface area contributed by atoms with Gasteiger partial charge in [-0.2, -0.15) is 12.7 Å². The van der Waals surface area contributed by atoms with Gasteiger partial charge in [-0.3, -0.25) is 4.79 Å². The lowest BCUT2D eigenvalue weighted by atomic mass is 9.92. The molecule has 1 aromatic carbocycles. The molecule has 1 aliphatic carbocycles. The summed E-state index contributed by atoms with van der Waals surface area (Å²) in [5.74, 6) is 0.412. The highest BCUT2D eigenvalue weighted by Crippen LogP contribution is 2.32. The molecule has 0 aliphatic heterocycles. The maximum absolute atomic E-state index is 11.9. The van der Waals surface area contributed by atoms with Crippen LogP contribution in [0.5, 0.6) is 5.75 Å². The molecular formula is C21H35N3O4S.